The van der Waals surface area contributed by atoms with Gasteiger partial charge in [0.25, 0.3) is 0 Å². The first-order valence-electron chi connectivity index (χ1n) is 6.98. The fourth-order valence-corrected chi connectivity index (χ4v) is 2.78. The van der Waals surface area contributed by atoms with Gasteiger partial charge in [-0.15, -0.1) is 0 Å². The Kier molecular flexibility index (Phi) is 3.72. The van der Waals surface area contributed by atoms with Crippen LogP contribution in [0.3, 0.4) is 0 Å². The fraction of sp³-hybridized carbons (Fsp3) is 0.294. The highest BCUT2D eigenvalue weighted by Gasteiger charge is 2.26. The fourth-order valence-electron chi connectivity index (χ4n) is 2.78. The SMILES string of the molecule is CN1Cc2ccc(OCc3ccccc3)cc2C1CN. The Labute approximate surface area is 120 Å². The highest BCUT2D eigenvalue weighted by Crippen LogP contribution is 2.34. The summed E-state index contributed by atoms with van der Waals surface area (Å²) < 4.78 is 5.89. The van der Waals surface area contributed by atoms with Crippen molar-refractivity contribution in [3.05, 3.63) is 65.2 Å². The first-order chi connectivity index (χ1) is 9.78. The molecule has 0 radical (unpaired) electrons. The Balaban J connectivity index is 1.75. The van der Waals surface area contributed by atoms with Crippen molar-refractivity contribution in [3.63, 3.8) is 0 Å². The van der Waals surface area contributed by atoms with E-state index in [4.69, 9.17) is 10.5 Å². The van der Waals surface area contributed by atoms with Gasteiger partial charge in [-0.25, -0.2) is 0 Å². The van der Waals surface area contributed by atoms with Gasteiger partial charge in [0.05, 0.1) is 0 Å². The minimum Gasteiger partial charge on any atom is -0.489 e. The highest BCUT2D eigenvalue weighted by atomic mass is 16.5. The number of benzene rings is 2. The Morgan fingerprint density at radius 2 is 2.00 bits per heavy atom. The summed E-state index contributed by atoms with van der Waals surface area (Å²) in [4.78, 5) is 2.28. The lowest BCUT2D eigenvalue weighted by Gasteiger charge is -2.18. The molecular weight excluding hydrogens is 248 g/mol. The number of hydrogen-bond donors (Lipinski definition) is 1. The van der Waals surface area contributed by atoms with Gasteiger partial charge in [0.2, 0.25) is 0 Å². The lowest BCUT2D eigenvalue weighted by molar-refractivity contribution is 0.273. The third-order valence-electron chi connectivity index (χ3n) is 3.90. The summed E-state index contributed by atoms with van der Waals surface area (Å²) in [5.74, 6) is 0.918. The molecule has 0 fully saturated rings. The van der Waals surface area contributed by atoms with E-state index in [1.165, 1.54) is 16.7 Å². The standard InChI is InChI=1S/C17H20N2O/c1-19-11-14-7-8-15(9-16(14)17(19)10-18)20-12-13-5-3-2-4-6-13/h2-9,17H,10-12,18H2,1H3. The summed E-state index contributed by atoms with van der Waals surface area (Å²) in [6.45, 7) is 2.21. The first kappa shape index (κ1) is 13.2. The zero-order chi connectivity index (χ0) is 13.9. The molecule has 1 aliphatic heterocycles. The quantitative estimate of drug-likeness (QED) is 0.926. The van der Waals surface area contributed by atoms with E-state index in [1.54, 1.807) is 0 Å². The van der Waals surface area contributed by atoms with E-state index in [-0.39, 0.29) is 0 Å². The van der Waals surface area contributed by atoms with E-state index in [0.29, 0.717) is 19.2 Å². The monoisotopic (exact) mass is 268 g/mol. The third kappa shape index (κ3) is 2.55. The molecule has 20 heavy (non-hydrogen) atoms. The number of ether oxygens (including phenoxy) is 1. The second kappa shape index (κ2) is 5.65. The van der Waals surface area contributed by atoms with Crippen LogP contribution < -0.4 is 10.5 Å². The van der Waals surface area contributed by atoms with Gasteiger partial charge in [0.1, 0.15) is 12.4 Å². The molecule has 3 heteroatoms. The number of rotatable bonds is 4. The molecule has 1 atom stereocenters. The van der Waals surface area contributed by atoms with Gasteiger partial charge >= 0.3 is 0 Å². The van der Waals surface area contributed by atoms with Crippen molar-refractivity contribution in [2.75, 3.05) is 13.6 Å². The van der Waals surface area contributed by atoms with Crippen LogP contribution in [0.2, 0.25) is 0 Å². The molecular formula is C17H20N2O. The molecule has 0 saturated heterocycles. The van der Waals surface area contributed by atoms with E-state index in [9.17, 15) is 0 Å². The maximum atomic E-state index is 5.89. The second-order valence-corrected chi connectivity index (χ2v) is 5.30. The molecule has 3 rings (SSSR count). The number of fused-ring (bicyclic) bond motifs is 1. The van der Waals surface area contributed by atoms with Gasteiger partial charge in [-0.1, -0.05) is 36.4 Å². The number of nitrogens with zero attached hydrogens (tertiary/aromatic N) is 1. The summed E-state index contributed by atoms with van der Waals surface area (Å²) in [7, 11) is 2.11. The molecule has 2 aromatic rings. The molecule has 0 amide bonds. The number of likely N-dealkylation sites (N-methyl/N-ethyl adjacent to an activating group) is 1. The van der Waals surface area contributed by atoms with Crippen LogP contribution >= 0.6 is 0 Å². The molecule has 0 aromatic heterocycles. The van der Waals surface area contributed by atoms with Crippen LogP contribution in [0.4, 0.5) is 0 Å². The summed E-state index contributed by atoms with van der Waals surface area (Å²) in [5, 5.41) is 0. The number of nitrogens with two attached hydrogens (primary N) is 1. The molecule has 1 heterocycles. The second-order valence-electron chi connectivity index (χ2n) is 5.30. The van der Waals surface area contributed by atoms with Gasteiger partial charge in [-0.3, -0.25) is 4.90 Å². The van der Waals surface area contributed by atoms with Crippen LogP contribution in [0.25, 0.3) is 0 Å². The topological polar surface area (TPSA) is 38.5 Å². The van der Waals surface area contributed by atoms with E-state index in [1.807, 2.05) is 18.2 Å². The van der Waals surface area contributed by atoms with Crippen molar-refractivity contribution >= 4 is 0 Å². The summed E-state index contributed by atoms with van der Waals surface area (Å²) in [6.07, 6.45) is 0. The molecule has 104 valence electrons. The molecule has 1 unspecified atom stereocenters. The molecule has 2 N–H and O–H groups in total. The Morgan fingerprint density at radius 1 is 1.20 bits per heavy atom. The van der Waals surface area contributed by atoms with E-state index in [0.717, 1.165) is 12.3 Å². The van der Waals surface area contributed by atoms with E-state index < -0.39 is 0 Å². The number of hydrogen-bond acceptors (Lipinski definition) is 3. The first-order valence-corrected chi connectivity index (χ1v) is 6.98. The van der Waals surface area contributed by atoms with E-state index >= 15 is 0 Å². The van der Waals surface area contributed by atoms with Gasteiger partial charge in [0.15, 0.2) is 0 Å². The van der Waals surface area contributed by atoms with Crippen molar-refractivity contribution in [2.45, 2.75) is 19.2 Å². The zero-order valence-electron chi connectivity index (χ0n) is 11.8. The van der Waals surface area contributed by atoms with Gasteiger partial charge in [0, 0.05) is 19.1 Å². The molecule has 0 saturated carbocycles. The smallest absolute Gasteiger partial charge is 0.120 e. The molecule has 1 aliphatic rings. The van der Waals surface area contributed by atoms with Gasteiger partial charge in [-0.2, -0.15) is 0 Å². The van der Waals surface area contributed by atoms with Crippen LogP contribution in [0.1, 0.15) is 22.7 Å². The normalized spacial score (nSPS) is 18.0. The minimum absolute atomic E-state index is 0.310. The van der Waals surface area contributed by atoms with Gasteiger partial charge < -0.3 is 10.5 Å². The molecule has 0 spiro atoms. The molecule has 0 bridgehead atoms. The van der Waals surface area contributed by atoms with Crippen molar-refractivity contribution in [1.82, 2.24) is 4.90 Å². The average molecular weight is 268 g/mol. The Hall–Kier alpha value is -1.84. The predicted molar refractivity (Wildman–Crippen MR) is 80.5 cm³/mol. The highest BCUT2D eigenvalue weighted by molar-refractivity contribution is 5.40. The van der Waals surface area contributed by atoms with Crippen LogP contribution in [-0.2, 0) is 13.2 Å². The maximum Gasteiger partial charge on any atom is 0.120 e. The summed E-state index contributed by atoms with van der Waals surface area (Å²) in [5.41, 5.74) is 9.72. The maximum absolute atomic E-state index is 5.89. The van der Waals surface area contributed by atoms with Crippen molar-refractivity contribution < 1.29 is 4.74 Å². The van der Waals surface area contributed by atoms with Crippen LogP contribution in [0.15, 0.2) is 48.5 Å². The summed E-state index contributed by atoms with van der Waals surface area (Å²) in [6, 6.07) is 16.9. The molecule has 2 aromatic carbocycles. The summed E-state index contributed by atoms with van der Waals surface area (Å²) >= 11 is 0. The Bertz CT molecular complexity index is 583. The van der Waals surface area contributed by atoms with Crippen LogP contribution in [0, 0.1) is 0 Å². The lowest BCUT2D eigenvalue weighted by atomic mass is 10.0. The van der Waals surface area contributed by atoms with Crippen molar-refractivity contribution in [1.29, 1.82) is 0 Å². The zero-order valence-corrected chi connectivity index (χ0v) is 11.8. The molecule has 0 aliphatic carbocycles. The lowest BCUT2D eigenvalue weighted by Crippen LogP contribution is -2.23. The van der Waals surface area contributed by atoms with Crippen LogP contribution in [-0.4, -0.2) is 18.5 Å². The minimum atomic E-state index is 0.310. The third-order valence-corrected chi connectivity index (χ3v) is 3.90. The van der Waals surface area contributed by atoms with Crippen molar-refractivity contribution in [2.24, 2.45) is 5.73 Å². The predicted octanol–water partition coefficient (Wildman–Crippen LogP) is 2.71. The Morgan fingerprint density at radius 3 is 2.75 bits per heavy atom. The average Bonchev–Trinajstić information content (AvgIpc) is 2.80. The molecule has 3 nitrogen and oxygen atoms in total. The van der Waals surface area contributed by atoms with Gasteiger partial charge in [-0.05, 0) is 35.9 Å². The van der Waals surface area contributed by atoms with Crippen molar-refractivity contribution in [3.8, 4) is 5.75 Å². The largest absolute Gasteiger partial charge is 0.489 e. The van der Waals surface area contributed by atoms with E-state index in [2.05, 4.69) is 42.3 Å². The van der Waals surface area contributed by atoms with Crippen LogP contribution in [0.5, 0.6) is 5.75 Å².